The Kier molecular flexibility index (Phi) is 3.74. The largest absolute Gasteiger partial charge is 0.489 e. The van der Waals surface area contributed by atoms with E-state index in [0.717, 1.165) is 6.42 Å². The van der Waals surface area contributed by atoms with Crippen LogP contribution < -0.4 is 9.47 Å². The Bertz CT molecular complexity index is 342. The predicted molar refractivity (Wildman–Crippen MR) is 58.6 cm³/mol. The van der Waals surface area contributed by atoms with Crippen LogP contribution in [0, 0.1) is 0 Å². The number of methoxy groups -OCH3 is 1. The van der Waals surface area contributed by atoms with E-state index >= 15 is 0 Å². The van der Waals surface area contributed by atoms with Crippen molar-refractivity contribution >= 4 is 11.6 Å². The zero-order chi connectivity index (χ0) is 11.5. The summed E-state index contributed by atoms with van der Waals surface area (Å²) < 4.78 is 10.8. The van der Waals surface area contributed by atoms with Gasteiger partial charge in [-0.2, -0.15) is 4.98 Å². The smallest absolute Gasteiger partial charge is 0.262 e. The van der Waals surface area contributed by atoms with Crippen molar-refractivity contribution in [1.29, 1.82) is 0 Å². The summed E-state index contributed by atoms with van der Waals surface area (Å²) in [7, 11) is 1.51. The molecule has 0 N–H and O–H groups in total. The maximum absolute atomic E-state index is 5.85. The Labute approximate surface area is 94.6 Å². The van der Waals surface area contributed by atoms with Crippen LogP contribution in [0.5, 0.6) is 11.6 Å². The average molecular weight is 231 g/mol. The highest BCUT2D eigenvalue weighted by molar-refractivity contribution is 6.31. The van der Waals surface area contributed by atoms with E-state index < -0.39 is 0 Å². The van der Waals surface area contributed by atoms with Crippen molar-refractivity contribution in [3.63, 3.8) is 0 Å². The summed E-state index contributed by atoms with van der Waals surface area (Å²) in [5.41, 5.74) is -0.301. The van der Waals surface area contributed by atoms with Gasteiger partial charge in [0.25, 0.3) is 5.88 Å². The van der Waals surface area contributed by atoms with Crippen LogP contribution in [0.1, 0.15) is 27.2 Å². The van der Waals surface area contributed by atoms with Crippen LogP contribution >= 0.6 is 11.6 Å². The van der Waals surface area contributed by atoms with Gasteiger partial charge in [0.05, 0.1) is 7.11 Å². The molecule has 1 heterocycles. The van der Waals surface area contributed by atoms with Crippen molar-refractivity contribution in [2.24, 2.45) is 0 Å². The first-order chi connectivity index (χ1) is 7.00. The minimum absolute atomic E-state index is 0.259. The second-order valence-corrected chi connectivity index (χ2v) is 4.08. The number of rotatable bonds is 4. The van der Waals surface area contributed by atoms with E-state index in [4.69, 9.17) is 21.1 Å². The Hall–Kier alpha value is -1.03. The third kappa shape index (κ3) is 2.96. The number of ether oxygens (including phenoxy) is 2. The van der Waals surface area contributed by atoms with Crippen molar-refractivity contribution < 1.29 is 9.47 Å². The lowest BCUT2D eigenvalue weighted by molar-refractivity contribution is 0.0941. The van der Waals surface area contributed by atoms with Crippen molar-refractivity contribution in [3.8, 4) is 11.6 Å². The average Bonchev–Trinajstić information content (AvgIpc) is 2.18. The minimum Gasteiger partial charge on any atom is -0.489 e. The number of halogens is 1. The molecule has 0 atom stereocenters. The van der Waals surface area contributed by atoms with E-state index in [1.165, 1.54) is 13.4 Å². The van der Waals surface area contributed by atoms with E-state index in [9.17, 15) is 0 Å². The van der Waals surface area contributed by atoms with E-state index in [1.54, 1.807) is 0 Å². The number of aromatic nitrogens is 2. The molecule has 0 radical (unpaired) electrons. The normalized spacial score (nSPS) is 11.3. The molecule has 0 saturated carbocycles. The van der Waals surface area contributed by atoms with Gasteiger partial charge in [-0.25, -0.2) is 4.98 Å². The fourth-order valence-corrected chi connectivity index (χ4v) is 1.12. The van der Waals surface area contributed by atoms with Crippen molar-refractivity contribution in [1.82, 2.24) is 9.97 Å². The maximum Gasteiger partial charge on any atom is 0.262 e. The molecule has 0 fully saturated rings. The molecule has 0 aliphatic carbocycles. The standard InChI is InChI=1S/C10H15ClN2O2/c1-5-10(2,3)15-9-7(14-4)8(11)12-6-13-9/h6H,5H2,1-4H3. The fourth-order valence-electron chi connectivity index (χ4n) is 0.916. The highest BCUT2D eigenvalue weighted by Gasteiger charge is 2.21. The summed E-state index contributed by atoms with van der Waals surface area (Å²) in [4.78, 5) is 7.82. The molecule has 0 bridgehead atoms. The molecule has 1 aromatic heterocycles. The summed E-state index contributed by atoms with van der Waals surface area (Å²) in [5.74, 6) is 0.755. The van der Waals surface area contributed by atoms with Crippen LogP contribution in [0.3, 0.4) is 0 Å². The van der Waals surface area contributed by atoms with Crippen LogP contribution in [-0.2, 0) is 0 Å². The molecule has 0 aliphatic rings. The van der Waals surface area contributed by atoms with E-state index in [2.05, 4.69) is 9.97 Å². The van der Waals surface area contributed by atoms with Gasteiger partial charge >= 0.3 is 0 Å². The topological polar surface area (TPSA) is 44.2 Å². The number of hydrogen-bond acceptors (Lipinski definition) is 4. The van der Waals surface area contributed by atoms with Gasteiger partial charge in [-0.1, -0.05) is 18.5 Å². The minimum atomic E-state index is -0.301. The Balaban J connectivity index is 2.99. The molecule has 0 amide bonds. The Morgan fingerprint density at radius 1 is 1.40 bits per heavy atom. The highest BCUT2D eigenvalue weighted by Crippen LogP contribution is 2.33. The molecule has 1 aromatic rings. The first-order valence-corrected chi connectivity index (χ1v) is 5.11. The molecule has 0 aliphatic heterocycles. The van der Waals surface area contributed by atoms with Crippen LogP contribution in [0.4, 0.5) is 0 Å². The van der Waals surface area contributed by atoms with Gasteiger partial charge in [0.1, 0.15) is 11.9 Å². The van der Waals surface area contributed by atoms with E-state index in [1.807, 2.05) is 20.8 Å². The molecule has 1 rings (SSSR count). The zero-order valence-electron chi connectivity index (χ0n) is 9.37. The molecule has 0 spiro atoms. The zero-order valence-corrected chi connectivity index (χ0v) is 10.1. The first-order valence-electron chi connectivity index (χ1n) is 4.73. The van der Waals surface area contributed by atoms with Gasteiger partial charge in [-0.15, -0.1) is 0 Å². The van der Waals surface area contributed by atoms with Gasteiger partial charge in [-0.05, 0) is 20.3 Å². The molecule has 84 valence electrons. The lowest BCUT2D eigenvalue weighted by Gasteiger charge is -2.24. The Morgan fingerprint density at radius 3 is 2.60 bits per heavy atom. The van der Waals surface area contributed by atoms with Gasteiger partial charge in [0.15, 0.2) is 5.15 Å². The predicted octanol–water partition coefficient (Wildman–Crippen LogP) is 2.71. The summed E-state index contributed by atoms with van der Waals surface area (Å²) in [6.07, 6.45) is 2.21. The van der Waals surface area contributed by atoms with Gasteiger partial charge in [0.2, 0.25) is 5.75 Å². The van der Waals surface area contributed by atoms with Gasteiger partial charge < -0.3 is 9.47 Å². The van der Waals surface area contributed by atoms with Crippen LogP contribution in [-0.4, -0.2) is 22.7 Å². The third-order valence-electron chi connectivity index (χ3n) is 2.16. The summed E-state index contributed by atoms with van der Waals surface area (Å²) in [6.45, 7) is 5.99. The van der Waals surface area contributed by atoms with Crippen molar-refractivity contribution in [3.05, 3.63) is 11.5 Å². The molecular weight excluding hydrogens is 216 g/mol. The lowest BCUT2D eigenvalue weighted by Crippen LogP contribution is -2.27. The first kappa shape index (κ1) is 12.0. The van der Waals surface area contributed by atoms with Crippen LogP contribution in [0.15, 0.2) is 6.33 Å². The number of nitrogens with zero attached hydrogens (tertiary/aromatic N) is 2. The Morgan fingerprint density at radius 2 is 2.07 bits per heavy atom. The molecular formula is C10H15ClN2O2. The molecule has 0 unspecified atom stereocenters. The molecule has 0 saturated heterocycles. The number of hydrogen-bond donors (Lipinski definition) is 0. The molecule has 0 aromatic carbocycles. The quantitative estimate of drug-likeness (QED) is 0.746. The van der Waals surface area contributed by atoms with Gasteiger partial charge in [0, 0.05) is 0 Å². The lowest BCUT2D eigenvalue weighted by atomic mass is 10.1. The molecule has 15 heavy (non-hydrogen) atoms. The second kappa shape index (κ2) is 4.66. The van der Waals surface area contributed by atoms with E-state index in [0.29, 0.717) is 11.6 Å². The SMILES string of the molecule is CCC(C)(C)Oc1ncnc(Cl)c1OC. The molecule has 4 nitrogen and oxygen atoms in total. The second-order valence-electron chi connectivity index (χ2n) is 3.72. The third-order valence-corrected chi connectivity index (χ3v) is 2.43. The van der Waals surface area contributed by atoms with Crippen molar-refractivity contribution in [2.45, 2.75) is 32.8 Å². The highest BCUT2D eigenvalue weighted by atomic mass is 35.5. The van der Waals surface area contributed by atoms with Crippen LogP contribution in [0.25, 0.3) is 0 Å². The summed E-state index contributed by atoms with van der Waals surface area (Å²) in [5, 5.41) is 0.259. The van der Waals surface area contributed by atoms with E-state index in [-0.39, 0.29) is 10.8 Å². The van der Waals surface area contributed by atoms with Crippen molar-refractivity contribution in [2.75, 3.05) is 7.11 Å². The summed E-state index contributed by atoms with van der Waals surface area (Å²) in [6, 6.07) is 0. The van der Waals surface area contributed by atoms with Gasteiger partial charge in [-0.3, -0.25) is 0 Å². The fraction of sp³-hybridized carbons (Fsp3) is 0.600. The van der Waals surface area contributed by atoms with Crippen LogP contribution in [0.2, 0.25) is 5.15 Å². The monoisotopic (exact) mass is 230 g/mol. The maximum atomic E-state index is 5.85. The summed E-state index contributed by atoms with van der Waals surface area (Å²) >= 11 is 5.85. The molecule has 5 heteroatoms.